The Morgan fingerprint density at radius 2 is 1.93 bits per heavy atom. The largest absolute Gasteiger partial charge is 0.493 e. The average Bonchev–Trinajstić information content (AvgIpc) is 3.15. The van der Waals surface area contributed by atoms with E-state index in [1.165, 1.54) is 0 Å². The first kappa shape index (κ1) is 18.6. The van der Waals surface area contributed by atoms with Crippen LogP contribution in [0.1, 0.15) is 29.0 Å². The summed E-state index contributed by atoms with van der Waals surface area (Å²) in [6.45, 7) is 2.45. The predicted octanol–water partition coefficient (Wildman–Crippen LogP) is 4.54. The number of methoxy groups -OCH3 is 2. The molecule has 1 saturated heterocycles. The number of ketones is 1. The molecule has 0 bridgehead atoms. The van der Waals surface area contributed by atoms with E-state index in [4.69, 9.17) is 13.9 Å². The summed E-state index contributed by atoms with van der Waals surface area (Å²) < 4.78 is 16.6. The fourth-order valence-electron chi connectivity index (χ4n) is 3.97. The molecule has 0 aliphatic carbocycles. The van der Waals surface area contributed by atoms with Crippen LogP contribution < -0.4 is 9.47 Å². The summed E-state index contributed by atoms with van der Waals surface area (Å²) >= 11 is 0. The Morgan fingerprint density at radius 1 is 1.11 bits per heavy atom. The number of fused-ring (bicyclic) bond motifs is 1. The number of piperidine rings is 1. The second-order valence-corrected chi connectivity index (χ2v) is 7.26. The highest BCUT2D eigenvalue weighted by Gasteiger charge is 2.27. The molecule has 28 heavy (non-hydrogen) atoms. The monoisotopic (exact) mass is 379 g/mol. The van der Waals surface area contributed by atoms with Gasteiger partial charge in [-0.1, -0.05) is 18.2 Å². The van der Waals surface area contributed by atoms with Crippen LogP contribution in [0.15, 0.2) is 52.9 Å². The number of carbonyl (C=O) groups is 1. The van der Waals surface area contributed by atoms with Crippen molar-refractivity contribution in [2.45, 2.75) is 19.4 Å². The van der Waals surface area contributed by atoms with Crippen molar-refractivity contribution in [3.8, 4) is 11.5 Å². The first-order valence-corrected chi connectivity index (χ1v) is 9.64. The van der Waals surface area contributed by atoms with Gasteiger partial charge in [0.05, 0.1) is 20.8 Å². The molecule has 4 rings (SSSR count). The number of para-hydroxylation sites is 1. The maximum Gasteiger partial charge on any atom is 0.167 e. The number of Topliss-reactive ketones (excluding diaryl/α,β-unsaturated/α-hetero) is 1. The molecule has 1 aliphatic heterocycles. The Labute approximate surface area is 164 Å². The van der Waals surface area contributed by atoms with Crippen molar-refractivity contribution >= 4 is 16.8 Å². The number of nitrogens with zero attached hydrogens (tertiary/aromatic N) is 1. The Balaban J connectivity index is 1.46. The Kier molecular flexibility index (Phi) is 5.35. The van der Waals surface area contributed by atoms with Crippen LogP contribution in [-0.4, -0.2) is 38.0 Å². The van der Waals surface area contributed by atoms with E-state index >= 15 is 0 Å². The van der Waals surface area contributed by atoms with Gasteiger partial charge < -0.3 is 13.9 Å². The fraction of sp³-hybridized carbons (Fsp3) is 0.348. The van der Waals surface area contributed by atoms with Gasteiger partial charge >= 0.3 is 0 Å². The third-order valence-corrected chi connectivity index (χ3v) is 5.40. The summed E-state index contributed by atoms with van der Waals surface area (Å²) in [6.07, 6.45) is 1.91. The Hall–Kier alpha value is -2.79. The molecule has 1 aromatic heterocycles. The lowest BCUT2D eigenvalue weighted by atomic mass is 9.90. The predicted molar refractivity (Wildman–Crippen MR) is 108 cm³/mol. The van der Waals surface area contributed by atoms with Gasteiger partial charge in [-0.05, 0) is 49.7 Å². The molecule has 0 saturated carbocycles. The molecule has 0 N–H and O–H groups in total. The van der Waals surface area contributed by atoms with Crippen molar-refractivity contribution in [3.63, 3.8) is 0 Å². The number of hydrogen-bond donors (Lipinski definition) is 0. The van der Waals surface area contributed by atoms with Crippen LogP contribution in [0.5, 0.6) is 11.5 Å². The summed E-state index contributed by atoms with van der Waals surface area (Å²) in [4.78, 5) is 15.4. The Morgan fingerprint density at radius 3 is 2.71 bits per heavy atom. The molecule has 3 aromatic rings. The van der Waals surface area contributed by atoms with Gasteiger partial charge in [0.1, 0.15) is 11.3 Å². The molecule has 0 spiro atoms. The quantitative estimate of drug-likeness (QED) is 0.588. The average molecular weight is 379 g/mol. The van der Waals surface area contributed by atoms with E-state index in [2.05, 4.69) is 17.0 Å². The number of carbonyl (C=O) groups excluding carboxylic acids is 1. The molecular formula is C23H25NO4. The lowest BCUT2D eigenvalue weighted by molar-refractivity contribution is 0.0803. The van der Waals surface area contributed by atoms with E-state index in [0.29, 0.717) is 17.1 Å². The number of furan rings is 1. The molecule has 2 heterocycles. The number of rotatable bonds is 6. The highest BCUT2D eigenvalue weighted by Crippen LogP contribution is 2.30. The summed E-state index contributed by atoms with van der Waals surface area (Å²) in [7, 11) is 3.18. The van der Waals surface area contributed by atoms with Gasteiger partial charge in [-0.2, -0.15) is 0 Å². The van der Waals surface area contributed by atoms with Crippen molar-refractivity contribution in [3.05, 3.63) is 59.9 Å². The van der Waals surface area contributed by atoms with Crippen LogP contribution in [0.4, 0.5) is 0 Å². The summed E-state index contributed by atoms with van der Waals surface area (Å²) in [5.41, 5.74) is 1.58. The zero-order valence-electron chi connectivity index (χ0n) is 16.3. The highest BCUT2D eigenvalue weighted by molar-refractivity contribution is 5.98. The van der Waals surface area contributed by atoms with Gasteiger partial charge in [-0.25, -0.2) is 0 Å². The van der Waals surface area contributed by atoms with E-state index in [0.717, 1.165) is 49.2 Å². The van der Waals surface area contributed by atoms with Crippen LogP contribution in [0.2, 0.25) is 0 Å². The summed E-state index contributed by atoms with van der Waals surface area (Å²) in [5, 5.41) is 1.12. The number of hydrogen-bond acceptors (Lipinski definition) is 5. The molecule has 1 atom stereocenters. The maximum absolute atomic E-state index is 13.1. The van der Waals surface area contributed by atoms with Crippen LogP contribution in [0.3, 0.4) is 0 Å². The Bertz CT molecular complexity index is 945. The SMILES string of the molecule is COc1ccc(C(=O)[C@H]2CCCN(Cc3cc4ccccc4o3)C2)cc1OC. The zero-order chi connectivity index (χ0) is 19.5. The maximum atomic E-state index is 13.1. The third kappa shape index (κ3) is 3.76. The lowest BCUT2D eigenvalue weighted by Gasteiger charge is -2.31. The summed E-state index contributed by atoms with van der Waals surface area (Å²) in [5.74, 6) is 2.31. The molecule has 146 valence electrons. The molecule has 1 aliphatic rings. The van der Waals surface area contributed by atoms with Gasteiger partial charge in [-0.3, -0.25) is 9.69 Å². The highest BCUT2D eigenvalue weighted by atomic mass is 16.5. The molecule has 5 heteroatoms. The minimum Gasteiger partial charge on any atom is -0.493 e. The van der Waals surface area contributed by atoms with E-state index in [-0.39, 0.29) is 11.7 Å². The molecule has 2 aromatic carbocycles. The standard InChI is InChI=1S/C23H25NO4/c1-26-21-10-9-17(13-22(21)27-2)23(25)18-7-5-11-24(14-18)15-19-12-16-6-3-4-8-20(16)28-19/h3-4,6,8-10,12-13,18H,5,7,11,14-15H2,1-2H3/t18-/m0/s1. The fourth-order valence-corrected chi connectivity index (χ4v) is 3.97. The third-order valence-electron chi connectivity index (χ3n) is 5.40. The topological polar surface area (TPSA) is 51.9 Å². The number of benzene rings is 2. The van der Waals surface area contributed by atoms with Crippen molar-refractivity contribution in [2.24, 2.45) is 5.92 Å². The molecule has 1 fully saturated rings. The van der Waals surface area contributed by atoms with E-state index < -0.39 is 0 Å². The van der Waals surface area contributed by atoms with Gasteiger partial charge in [0, 0.05) is 23.4 Å². The van der Waals surface area contributed by atoms with Gasteiger partial charge in [-0.15, -0.1) is 0 Å². The zero-order valence-corrected chi connectivity index (χ0v) is 16.3. The van der Waals surface area contributed by atoms with Crippen molar-refractivity contribution in [1.82, 2.24) is 4.90 Å². The smallest absolute Gasteiger partial charge is 0.167 e. The summed E-state index contributed by atoms with van der Waals surface area (Å²) in [6, 6.07) is 15.5. The molecule has 0 radical (unpaired) electrons. The first-order chi connectivity index (χ1) is 13.7. The normalized spacial score (nSPS) is 17.6. The molecular weight excluding hydrogens is 354 g/mol. The molecule has 0 unspecified atom stereocenters. The van der Waals surface area contributed by atoms with E-state index in [1.807, 2.05) is 24.3 Å². The van der Waals surface area contributed by atoms with Crippen LogP contribution >= 0.6 is 0 Å². The van der Waals surface area contributed by atoms with Crippen molar-refractivity contribution in [2.75, 3.05) is 27.3 Å². The lowest BCUT2D eigenvalue weighted by Crippen LogP contribution is -2.38. The molecule has 5 nitrogen and oxygen atoms in total. The minimum atomic E-state index is -0.0174. The van der Waals surface area contributed by atoms with Crippen LogP contribution in [0, 0.1) is 5.92 Å². The second kappa shape index (κ2) is 8.07. The van der Waals surface area contributed by atoms with Gasteiger partial charge in [0.2, 0.25) is 0 Å². The number of ether oxygens (including phenoxy) is 2. The van der Waals surface area contributed by atoms with E-state index in [1.54, 1.807) is 26.4 Å². The van der Waals surface area contributed by atoms with Gasteiger partial charge in [0.15, 0.2) is 17.3 Å². The van der Waals surface area contributed by atoms with Crippen molar-refractivity contribution < 1.29 is 18.7 Å². The van der Waals surface area contributed by atoms with Crippen LogP contribution in [-0.2, 0) is 6.54 Å². The van der Waals surface area contributed by atoms with Crippen LogP contribution in [0.25, 0.3) is 11.0 Å². The van der Waals surface area contributed by atoms with E-state index in [9.17, 15) is 4.79 Å². The molecule has 0 amide bonds. The minimum absolute atomic E-state index is 0.0174. The number of likely N-dealkylation sites (tertiary alicyclic amines) is 1. The first-order valence-electron chi connectivity index (χ1n) is 9.64. The van der Waals surface area contributed by atoms with Gasteiger partial charge in [0.25, 0.3) is 0 Å². The van der Waals surface area contributed by atoms with Crippen molar-refractivity contribution in [1.29, 1.82) is 0 Å². The second-order valence-electron chi connectivity index (χ2n) is 7.26.